The van der Waals surface area contributed by atoms with Crippen molar-refractivity contribution in [2.24, 2.45) is 5.92 Å². The van der Waals surface area contributed by atoms with Gasteiger partial charge in [-0.2, -0.15) is 0 Å². The molecule has 0 saturated carbocycles. The summed E-state index contributed by atoms with van der Waals surface area (Å²) in [6, 6.07) is 16.0. The quantitative estimate of drug-likeness (QED) is 0.490. The second-order valence-electron chi connectivity index (χ2n) is 8.22. The highest BCUT2D eigenvalue weighted by molar-refractivity contribution is 7.15. The summed E-state index contributed by atoms with van der Waals surface area (Å²) >= 11 is 1.39. The summed E-state index contributed by atoms with van der Waals surface area (Å²) in [5.74, 6) is -0.655. The van der Waals surface area contributed by atoms with Crippen molar-refractivity contribution < 1.29 is 14.4 Å². The molecule has 0 aliphatic carbocycles. The number of nitrogens with zero attached hydrogens (tertiary/aromatic N) is 3. The first-order valence-corrected chi connectivity index (χ1v) is 12.2. The number of aromatic nitrogens is 2. The molecule has 0 radical (unpaired) electrons. The Bertz CT molecular complexity index is 1160. The van der Waals surface area contributed by atoms with Crippen LogP contribution in [0.4, 0.5) is 16.5 Å². The Kier molecular flexibility index (Phi) is 7.32. The van der Waals surface area contributed by atoms with E-state index in [0.717, 1.165) is 23.5 Å². The first-order valence-electron chi connectivity index (χ1n) is 11.4. The van der Waals surface area contributed by atoms with Crippen LogP contribution in [-0.2, 0) is 9.59 Å². The molecule has 2 heterocycles. The van der Waals surface area contributed by atoms with Crippen LogP contribution in [0, 0.1) is 5.92 Å². The highest BCUT2D eigenvalue weighted by Crippen LogP contribution is 2.29. The fraction of sp³-hybridized carbons (Fsp3) is 0.320. The van der Waals surface area contributed by atoms with E-state index in [1.807, 2.05) is 30.3 Å². The van der Waals surface area contributed by atoms with Crippen molar-refractivity contribution in [3.05, 3.63) is 65.2 Å². The molecule has 1 atom stereocenters. The summed E-state index contributed by atoms with van der Waals surface area (Å²) in [6.07, 6.45) is 2.12. The van der Waals surface area contributed by atoms with Gasteiger partial charge in [0.05, 0.1) is 5.92 Å². The van der Waals surface area contributed by atoms with Crippen LogP contribution < -0.4 is 15.5 Å². The number of para-hydroxylation sites is 1. The zero-order valence-corrected chi connectivity index (χ0v) is 20.0. The maximum atomic E-state index is 12.7. The molecule has 4 rings (SSSR count). The van der Waals surface area contributed by atoms with Gasteiger partial charge in [-0.15, -0.1) is 10.2 Å². The van der Waals surface area contributed by atoms with E-state index in [4.69, 9.17) is 0 Å². The number of amides is 3. The number of anilines is 3. The maximum absolute atomic E-state index is 12.7. The predicted octanol–water partition coefficient (Wildman–Crippen LogP) is 4.69. The van der Waals surface area contributed by atoms with Crippen LogP contribution in [0.2, 0.25) is 0 Å². The van der Waals surface area contributed by atoms with Crippen LogP contribution >= 0.6 is 11.3 Å². The Balaban J connectivity index is 1.33. The molecule has 1 aliphatic rings. The third-order valence-corrected chi connectivity index (χ3v) is 6.98. The molecular formula is C25H27N5O3S. The molecule has 1 aliphatic heterocycles. The van der Waals surface area contributed by atoms with E-state index in [9.17, 15) is 14.4 Å². The first-order chi connectivity index (χ1) is 16.5. The molecular weight excluding hydrogens is 450 g/mol. The molecule has 8 nitrogen and oxygen atoms in total. The van der Waals surface area contributed by atoms with Gasteiger partial charge in [-0.25, -0.2) is 0 Å². The van der Waals surface area contributed by atoms with E-state index in [2.05, 4.69) is 34.7 Å². The summed E-state index contributed by atoms with van der Waals surface area (Å²) < 4.78 is 0. The third kappa shape index (κ3) is 5.31. The summed E-state index contributed by atoms with van der Waals surface area (Å²) in [6.45, 7) is 4.56. The number of rotatable bonds is 8. The first kappa shape index (κ1) is 23.6. The van der Waals surface area contributed by atoms with Crippen molar-refractivity contribution in [1.82, 2.24) is 10.2 Å². The number of carbonyl (C=O) groups is 3. The molecule has 1 aromatic heterocycles. The molecule has 0 bridgehead atoms. The van der Waals surface area contributed by atoms with Gasteiger partial charge in [0.2, 0.25) is 16.9 Å². The van der Waals surface area contributed by atoms with Gasteiger partial charge in [0.1, 0.15) is 5.01 Å². The van der Waals surface area contributed by atoms with Crippen LogP contribution in [-0.4, -0.2) is 34.5 Å². The zero-order valence-electron chi connectivity index (χ0n) is 19.2. The molecule has 0 spiro atoms. The molecule has 2 aromatic carbocycles. The van der Waals surface area contributed by atoms with Crippen LogP contribution in [0.25, 0.3) is 0 Å². The second-order valence-corrected chi connectivity index (χ2v) is 9.23. The number of carbonyl (C=O) groups excluding carboxylic acids is 3. The number of nitrogens with one attached hydrogen (secondary N) is 2. The Morgan fingerprint density at radius 1 is 1.03 bits per heavy atom. The lowest BCUT2D eigenvalue weighted by Crippen LogP contribution is -2.28. The summed E-state index contributed by atoms with van der Waals surface area (Å²) in [5, 5.41) is 15.3. The monoisotopic (exact) mass is 477 g/mol. The normalized spacial score (nSPS) is 15.6. The molecule has 1 saturated heterocycles. The minimum Gasteiger partial charge on any atom is -0.326 e. The zero-order chi connectivity index (χ0) is 24.1. The highest BCUT2D eigenvalue weighted by atomic mass is 32.1. The SMILES string of the molecule is CCC(CC)c1nnc(NC(=O)c2ccc(NC(=O)C3CC(=O)N(c4ccccc4)C3)cc2)s1. The van der Waals surface area contributed by atoms with Gasteiger partial charge in [0, 0.05) is 35.8 Å². The molecule has 1 fully saturated rings. The lowest BCUT2D eigenvalue weighted by atomic mass is 10.1. The number of hydrogen-bond acceptors (Lipinski definition) is 6. The minimum atomic E-state index is -0.433. The summed E-state index contributed by atoms with van der Waals surface area (Å²) in [5.41, 5.74) is 1.81. The van der Waals surface area contributed by atoms with E-state index in [0.29, 0.717) is 28.8 Å². The van der Waals surface area contributed by atoms with Gasteiger partial charge in [0.25, 0.3) is 5.91 Å². The fourth-order valence-electron chi connectivity index (χ4n) is 3.95. The van der Waals surface area contributed by atoms with Gasteiger partial charge in [0.15, 0.2) is 0 Å². The molecule has 3 amide bonds. The third-order valence-electron chi connectivity index (χ3n) is 5.97. The molecule has 3 aromatic rings. The number of hydrogen-bond donors (Lipinski definition) is 2. The second kappa shape index (κ2) is 10.6. The average molecular weight is 478 g/mol. The van der Waals surface area contributed by atoms with Crippen LogP contribution in [0.3, 0.4) is 0 Å². The molecule has 34 heavy (non-hydrogen) atoms. The maximum Gasteiger partial charge on any atom is 0.257 e. The predicted molar refractivity (Wildman–Crippen MR) is 133 cm³/mol. The molecule has 2 N–H and O–H groups in total. The van der Waals surface area contributed by atoms with Crippen molar-refractivity contribution in [3.63, 3.8) is 0 Å². The number of benzene rings is 2. The van der Waals surface area contributed by atoms with Crippen molar-refractivity contribution in [3.8, 4) is 0 Å². The molecule has 176 valence electrons. The van der Waals surface area contributed by atoms with E-state index >= 15 is 0 Å². The van der Waals surface area contributed by atoms with Gasteiger partial charge < -0.3 is 10.2 Å². The van der Waals surface area contributed by atoms with Crippen molar-refractivity contribution >= 4 is 45.6 Å². The fourth-order valence-corrected chi connectivity index (χ4v) is 4.95. The summed E-state index contributed by atoms with van der Waals surface area (Å²) in [4.78, 5) is 39.3. The van der Waals surface area contributed by atoms with Gasteiger partial charge >= 0.3 is 0 Å². The standard InChI is InChI=1S/C25H27N5O3S/c1-3-16(4-2)24-28-29-25(34-24)27-22(32)17-10-12-19(13-11-17)26-23(33)18-14-21(31)30(15-18)20-8-6-5-7-9-20/h5-13,16,18H,3-4,14-15H2,1-2H3,(H,26,33)(H,27,29,32). The average Bonchev–Trinajstić information content (AvgIpc) is 3.47. The lowest BCUT2D eigenvalue weighted by Gasteiger charge is -2.16. The van der Waals surface area contributed by atoms with Crippen LogP contribution in [0.5, 0.6) is 0 Å². The summed E-state index contributed by atoms with van der Waals surface area (Å²) in [7, 11) is 0. The molecule has 1 unspecified atom stereocenters. The Hall–Kier alpha value is -3.59. The smallest absolute Gasteiger partial charge is 0.257 e. The van der Waals surface area contributed by atoms with Gasteiger partial charge in [-0.1, -0.05) is 43.4 Å². The minimum absolute atomic E-state index is 0.0672. The Labute approximate surface area is 202 Å². The van der Waals surface area contributed by atoms with Crippen molar-refractivity contribution in [1.29, 1.82) is 0 Å². The largest absolute Gasteiger partial charge is 0.326 e. The van der Waals surface area contributed by atoms with E-state index in [-0.39, 0.29) is 24.1 Å². The Morgan fingerprint density at radius 3 is 2.41 bits per heavy atom. The topological polar surface area (TPSA) is 104 Å². The Morgan fingerprint density at radius 2 is 1.74 bits per heavy atom. The van der Waals surface area contributed by atoms with E-state index in [1.54, 1.807) is 29.2 Å². The van der Waals surface area contributed by atoms with Gasteiger partial charge in [-0.3, -0.25) is 19.7 Å². The van der Waals surface area contributed by atoms with E-state index < -0.39 is 5.92 Å². The lowest BCUT2D eigenvalue weighted by molar-refractivity contribution is -0.122. The van der Waals surface area contributed by atoms with Crippen LogP contribution in [0.15, 0.2) is 54.6 Å². The van der Waals surface area contributed by atoms with Crippen molar-refractivity contribution in [2.45, 2.75) is 39.0 Å². The van der Waals surface area contributed by atoms with Crippen molar-refractivity contribution in [2.75, 3.05) is 22.1 Å². The molecule has 9 heteroatoms. The van der Waals surface area contributed by atoms with E-state index in [1.165, 1.54) is 11.3 Å². The van der Waals surface area contributed by atoms with Crippen LogP contribution in [0.1, 0.15) is 54.4 Å². The van der Waals surface area contributed by atoms with Gasteiger partial charge in [-0.05, 0) is 49.2 Å². The highest BCUT2D eigenvalue weighted by Gasteiger charge is 2.35.